The number of rotatable bonds is 6. The van der Waals surface area contributed by atoms with Gasteiger partial charge in [0.25, 0.3) is 5.56 Å². The summed E-state index contributed by atoms with van der Waals surface area (Å²) in [5.41, 5.74) is 2.28. The first-order valence-electron chi connectivity index (χ1n) is 10.2. The number of nitrogens with zero attached hydrogens (tertiary/aromatic N) is 6. The number of carbonyl (C=O) groups excluding carboxylic acids is 1. The van der Waals surface area contributed by atoms with E-state index in [9.17, 15) is 9.59 Å². The first-order valence-corrected chi connectivity index (χ1v) is 11.5. The van der Waals surface area contributed by atoms with Crippen molar-refractivity contribution in [2.24, 2.45) is 7.05 Å². The summed E-state index contributed by atoms with van der Waals surface area (Å²) in [7, 11) is 5.22. The number of benzene rings is 2. The Kier molecular flexibility index (Phi) is 6.44. The zero-order chi connectivity index (χ0) is 23.7. The van der Waals surface area contributed by atoms with Gasteiger partial charge in [0.05, 0.1) is 22.2 Å². The fourth-order valence-electron chi connectivity index (χ4n) is 3.45. The molecule has 2 aromatic heterocycles. The highest BCUT2D eigenvalue weighted by Crippen LogP contribution is 2.32. The Morgan fingerprint density at radius 3 is 2.39 bits per heavy atom. The second-order valence-corrected chi connectivity index (χ2v) is 8.96. The van der Waals surface area contributed by atoms with Crippen molar-refractivity contribution in [2.45, 2.75) is 12.1 Å². The molecule has 0 aliphatic rings. The lowest BCUT2D eigenvalue weighted by Crippen LogP contribution is -2.24. The topological polar surface area (TPSA) is 78.0 Å². The van der Waals surface area contributed by atoms with Crippen molar-refractivity contribution in [3.8, 4) is 22.8 Å². The highest BCUT2D eigenvalue weighted by molar-refractivity contribution is 7.99. The van der Waals surface area contributed by atoms with E-state index in [4.69, 9.17) is 11.6 Å². The summed E-state index contributed by atoms with van der Waals surface area (Å²) >= 11 is 7.70. The molecule has 33 heavy (non-hydrogen) atoms. The molecule has 0 N–H and O–H groups in total. The minimum Gasteiger partial charge on any atom is -0.348 e. The molecule has 10 heteroatoms. The van der Waals surface area contributed by atoms with Gasteiger partial charge in [0.1, 0.15) is 5.69 Å². The van der Waals surface area contributed by atoms with E-state index >= 15 is 0 Å². The molecule has 170 valence electrons. The molecule has 0 unspecified atom stereocenters. The quantitative estimate of drug-likeness (QED) is 0.393. The smallest absolute Gasteiger partial charge is 0.296 e. The van der Waals surface area contributed by atoms with Crippen molar-refractivity contribution in [1.82, 2.24) is 29.0 Å². The number of para-hydroxylation sites is 1. The van der Waals surface area contributed by atoms with E-state index < -0.39 is 0 Å². The van der Waals surface area contributed by atoms with Crippen LogP contribution in [0.4, 0.5) is 0 Å². The van der Waals surface area contributed by atoms with E-state index in [0.29, 0.717) is 27.3 Å². The number of carbonyl (C=O) groups is 1. The van der Waals surface area contributed by atoms with Gasteiger partial charge in [0, 0.05) is 26.7 Å². The van der Waals surface area contributed by atoms with Crippen LogP contribution < -0.4 is 5.56 Å². The van der Waals surface area contributed by atoms with E-state index in [-0.39, 0.29) is 17.2 Å². The van der Waals surface area contributed by atoms with Crippen molar-refractivity contribution in [2.75, 3.05) is 19.8 Å². The molecule has 8 nitrogen and oxygen atoms in total. The Morgan fingerprint density at radius 2 is 1.73 bits per heavy atom. The van der Waals surface area contributed by atoms with Crippen LogP contribution in [0.5, 0.6) is 0 Å². The third-order valence-electron chi connectivity index (χ3n) is 5.32. The Hall–Kier alpha value is -3.30. The number of hydrogen-bond donors (Lipinski definition) is 0. The highest BCUT2D eigenvalue weighted by Gasteiger charge is 2.26. The van der Waals surface area contributed by atoms with Crippen LogP contribution in [0.15, 0.2) is 64.5 Å². The Bertz CT molecular complexity index is 1370. The largest absolute Gasteiger partial charge is 0.348 e. The molecule has 1 amide bonds. The van der Waals surface area contributed by atoms with Crippen LogP contribution in [0.2, 0.25) is 5.02 Å². The third-order valence-corrected chi connectivity index (χ3v) is 6.56. The van der Waals surface area contributed by atoms with Crippen LogP contribution in [-0.2, 0) is 11.8 Å². The lowest BCUT2D eigenvalue weighted by atomic mass is 10.2. The molecule has 4 aromatic rings. The molecule has 0 spiro atoms. The number of amides is 1. The van der Waals surface area contributed by atoms with Crippen LogP contribution in [0, 0.1) is 6.92 Å². The van der Waals surface area contributed by atoms with Gasteiger partial charge in [0.15, 0.2) is 11.0 Å². The van der Waals surface area contributed by atoms with Gasteiger partial charge in [-0.3, -0.25) is 18.8 Å². The molecule has 0 bridgehead atoms. The summed E-state index contributed by atoms with van der Waals surface area (Å²) in [6, 6.07) is 16.7. The summed E-state index contributed by atoms with van der Waals surface area (Å²) in [5, 5.41) is 9.62. The van der Waals surface area contributed by atoms with Crippen LogP contribution >= 0.6 is 23.4 Å². The predicted octanol–water partition coefficient (Wildman–Crippen LogP) is 3.57. The molecule has 0 saturated carbocycles. The molecule has 0 radical (unpaired) electrons. The SMILES string of the molecule is Cc1c(-n2c(SCC(=O)N(C)C)nnc2-c2ccccc2Cl)c(=O)n(-c2ccccc2)n1C. The van der Waals surface area contributed by atoms with Crippen molar-refractivity contribution in [1.29, 1.82) is 0 Å². The van der Waals surface area contributed by atoms with Crippen molar-refractivity contribution in [3.05, 3.63) is 75.7 Å². The second kappa shape index (κ2) is 9.29. The molecule has 0 atom stereocenters. The van der Waals surface area contributed by atoms with Gasteiger partial charge < -0.3 is 4.90 Å². The Balaban J connectivity index is 1.95. The van der Waals surface area contributed by atoms with E-state index in [1.807, 2.05) is 62.5 Å². The predicted molar refractivity (Wildman–Crippen MR) is 131 cm³/mol. The maximum Gasteiger partial charge on any atom is 0.296 e. The van der Waals surface area contributed by atoms with E-state index in [1.54, 1.807) is 34.1 Å². The maximum atomic E-state index is 13.7. The Labute approximate surface area is 200 Å². The van der Waals surface area contributed by atoms with E-state index in [0.717, 1.165) is 11.4 Å². The van der Waals surface area contributed by atoms with Crippen LogP contribution in [0.25, 0.3) is 22.8 Å². The zero-order valence-electron chi connectivity index (χ0n) is 18.7. The summed E-state index contributed by atoms with van der Waals surface area (Å²) < 4.78 is 5.09. The standard InChI is InChI=1S/C23H23ClN6O2S/c1-15-20(22(32)30(28(15)4)16-10-6-5-7-11-16)29-21(17-12-8-9-13-18(17)24)25-26-23(29)33-14-19(31)27(2)3/h5-13H,14H2,1-4H3. The van der Waals surface area contributed by atoms with Gasteiger partial charge in [0.2, 0.25) is 5.91 Å². The fourth-order valence-corrected chi connectivity index (χ4v) is 4.59. The molecule has 2 aromatic carbocycles. The summed E-state index contributed by atoms with van der Waals surface area (Å²) in [5.74, 6) is 0.526. The van der Waals surface area contributed by atoms with Gasteiger partial charge in [-0.2, -0.15) is 0 Å². The molecular weight excluding hydrogens is 460 g/mol. The van der Waals surface area contributed by atoms with Crippen LogP contribution in [0.1, 0.15) is 5.69 Å². The van der Waals surface area contributed by atoms with Crippen molar-refractivity contribution < 1.29 is 4.79 Å². The zero-order valence-corrected chi connectivity index (χ0v) is 20.3. The molecule has 0 fully saturated rings. The number of hydrogen-bond acceptors (Lipinski definition) is 5. The van der Waals surface area contributed by atoms with E-state index in [2.05, 4.69) is 10.2 Å². The molecule has 0 aliphatic carbocycles. The van der Waals surface area contributed by atoms with Crippen LogP contribution in [0.3, 0.4) is 0 Å². The van der Waals surface area contributed by atoms with Crippen LogP contribution in [-0.4, -0.2) is 54.8 Å². The minimum absolute atomic E-state index is 0.0691. The lowest BCUT2D eigenvalue weighted by molar-refractivity contribution is -0.125. The molecular formula is C23H23ClN6O2S. The van der Waals surface area contributed by atoms with Gasteiger partial charge >= 0.3 is 0 Å². The summed E-state index contributed by atoms with van der Waals surface area (Å²) in [6.45, 7) is 1.87. The molecule has 0 aliphatic heterocycles. The average Bonchev–Trinajstić information content (AvgIpc) is 3.30. The molecule has 2 heterocycles. The third kappa shape index (κ3) is 4.21. The van der Waals surface area contributed by atoms with Crippen molar-refractivity contribution >= 4 is 29.3 Å². The maximum absolute atomic E-state index is 13.7. The number of halogens is 1. The van der Waals surface area contributed by atoms with Gasteiger partial charge in [-0.25, -0.2) is 4.68 Å². The molecule has 0 saturated heterocycles. The summed E-state index contributed by atoms with van der Waals surface area (Å²) in [4.78, 5) is 27.5. The molecule has 4 rings (SSSR count). The second-order valence-electron chi connectivity index (χ2n) is 7.61. The van der Waals surface area contributed by atoms with Gasteiger partial charge in [-0.15, -0.1) is 10.2 Å². The fraction of sp³-hybridized carbons (Fsp3) is 0.217. The van der Waals surface area contributed by atoms with Gasteiger partial charge in [-0.1, -0.05) is 53.7 Å². The summed E-state index contributed by atoms with van der Waals surface area (Å²) in [6.07, 6.45) is 0. The number of aromatic nitrogens is 5. The van der Waals surface area contributed by atoms with E-state index in [1.165, 1.54) is 16.7 Å². The minimum atomic E-state index is -0.227. The van der Waals surface area contributed by atoms with Crippen molar-refractivity contribution in [3.63, 3.8) is 0 Å². The number of thioether (sulfide) groups is 1. The Morgan fingerprint density at radius 1 is 1.06 bits per heavy atom. The normalized spacial score (nSPS) is 11.1. The lowest BCUT2D eigenvalue weighted by Gasteiger charge is -2.11. The first kappa shape index (κ1) is 22.9. The average molecular weight is 483 g/mol. The van der Waals surface area contributed by atoms with Gasteiger partial charge in [-0.05, 0) is 31.2 Å². The monoisotopic (exact) mass is 482 g/mol. The first-order chi connectivity index (χ1) is 15.8. The highest BCUT2D eigenvalue weighted by atomic mass is 35.5.